The van der Waals surface area contributed by atoms with E-state index in [1.54, 1.807) is 18.2 Å². The molecule has 0 saturated carbocycles. The minimum Gasteiger partial charge on any atom is -0.492 e. The van der Waals surface area contributed by atoms with Crippen molar-refractivity contribution >= 4 is 5.78 Å². The zero-order valence-electron chi connectivity index (χ0n) is 25.2. The minimum absolute atomic E-state index is 0.0116. The molecule has 2 aromatic carbocycles. The molecule has 258 valence electrons. The second-order valence-electron chi connectivity index (χ2n) is 11.3. The second kappa shape index (κ2) is 13.6. The van der Waals surface area contributed by atoms with Gasteiger partial charge in [0.05, 0.1) is 33.9 Å². The third-order valence-electron chi connectivity index (χ3n) is 8.45. The molecule has 4 aliphatic heterocycles. The molecule has 0 spiro atoms. The molecule has 0 aromatic heterocycles. The van der Waals surface area contributed by atoms with Gasteiger partial charge in [-0.05, 0) is 17.7 Å². The molecule has 0 radical (unpaired) electrons. The number of hydrogen-bond donors (Lipinski definition) is 7. The highest BCUT2D eigenvalue weighted by atomic mass is 16.7. The zero-order chi connectivity index (χ0) is 33.6. The van der Waals surface area contributed by atoms with Crippen LogP contribution < -0.4 is 28.4 Å². The summed E-state index contributed by atoms with van der Waals surface area (Å²) in [6.07, 6.45) is -17.0. The van der Waals surface area contributed by atoms with Crippen LogP contribution in [-0.4, -0.2) is 137 Å². The Balaban J connectivity index is 1.23. The molecule has 0 bridgehead atoms. The summed E-state index contributed by atoms with van der Waals surface area (Å²) < 4.78 is 50.5. The van der Waals surface area contributed by atoms with Crippen LogP contribution in [0.4, 0.5) is 0 Å². The number of hydrogen-bond acceptors (Lipinski definition) is 17. The lowest BCUT2D eigenvalue weighted by Gasteiger charge is -2.42. The SMILES string of the molecule is COc1c(OC2OC(COC3OC(CO)C(O)C(O)C3O)C(O)C(O)C2O)cc2c(c1OC)C(=O)CC(c1ccc3c(c1)OCO3)O2. The number of rotatable bonds is 9. The molecule has 17 nitrogen and oxygen atoms in total. The summed E-state index contributed by atoms with van der Waals surface area (Å²) in [5.41, 5.74) is 0.746. The fourth-order valence-electron chi connectivity index (χ4n) is 5.86. The molecular formula is C30H36O17. The number of fused-ring (bicyclic) bond motifs is 2. The second-order valence-corrected chi connectivity index (χ2v) is 11.3. The Labute approximate surface area is 267 Å². The quantitative estimate of drug-likeness (QED) is 0.155. The third-order valence-corrected chi connectivity index (χ3v) is 8.45. The van der Waals surface area contributed by atoms with Crippen molar-refractivity contribution in [1.29, 1.82) is 0 Å². The maximum Gasteiger partial charge on any atom is 0.231 e. The number of ketones is 1. The predicted octanol–water partition coefficient (Wildman–Crippen LogP) is -1.86. The first-order chi connectivity index (χ1) is 22.6. The van der Waals surface area contributed by atoms with Crippen LogP contribution in [0.5, 0.6) is 34.5 Å². The first kappa shape index (κ1) is 33.4. The number of carbonyl (C=O) groups is 1. The van der Waals surface area contributed by atoms with Crippen LogP contribution in [0.1, 0.15) is 28.4 Å². The Morgan fingerprint density at radius 1 is 0.766 bits per heavy atom. The van der Waals surface area contributed by atoms with E-state index >= 15 is 0 Å². The van der Waals surface area contributed by atoms with Gasteiger partial charge in [0.1, 0.15) is 66.2 Å². The summed E-state index contributed by atoms with van der Waals surface area (Å²) in [6, 6.07) is 6.53. The Hall–Kier alpha value is -3.49. The van der Waals surface area contributed by atoms with E-state index < -0.39 is 80.7 Å². The van der Waals surface area contributed by atoms with Crippen molar-refractivity contribution < 1.29 is 83.2 Å². The van der Waals surface area contributed by atoms with Gasteiger partial charge in [0.25, 0.3) is 0 Å². The predicted molar refractivity (Wildman–Crippen MR) is 151 cm³/mol. The van der Waals surface area contributed by atoms with Crippen molar-refractivity contribution in [1.82, 2.24) is 0 Å². The molecule has 2 saturated heterocycles. The highest BCUT2D eigenvalue weighted by molar-refractivity contribution is 6.04. The molecule has 17 heteroatoms. The molecule has 0 amide bonds. The fraction of sp³-hybridized carbons (Fsp3) is 0.567. The average molecular weight is 669 g/mol. The molecular weight excluding hydrogens is 632 g/mol. The van der Waals surface area contributed by atoms with Crippen molar-refractivity contribution in [3.8, 4) is 34.5 Å². The smallest absolute Gasteiger partial charge is 0.231 e. The topological polar surface area (TPSA) is 242 Å². The standard InChI is InChI=1S/C30H36O17/c1-39-27-17(7-16-20(28(27)40-2)12(32)6-14(44-16)11-3-4-13-15(5-11)43-10-42-13)45-30-26(38)24(36)22(34)19(47-30)9-41-29-25(37)23(35)21(33)18(8-31)46-29/h3-5,7,14,18-19,21-26,29-31,33-38H,6,8-10H2,1-2H3. The van der Waals surface area contributed by atoms with Crippen molar-refractivity contribution in [3.05, 3.63) is 35.4 Å². The molecule has 2 aromatic rings. The van der Waals surface area contributed by atoms with Crippen molar-refractivity contribution in [2.75, 3.05) is 34.2 Å². The Kier molecular flexibility index (Phi) is 9.64. The number of aliphatic hydroxyl groups is 7. The van der Waals surface area contributed by atoms with Gasteiger partial charge in [-0.15, -0.1) is 0 Å². The summed E-state index contributed by atoms with van der Waals surface area (Å²) in [6.45, 7) is -1.18. The Bertz CT molecular complexity index is 1450. The molecule has 11 atom stereocenters. The van der Waals surface area contributed by atoms with Gasteiger partial charge in [0.15, 0.2) is 35.1 Å². The van der Waals surface area contributed by atoms with Crippen LogP contribution in [0.15, 0.2) is 24.3 Å². The maximum atomic E-state index is 13.4. The van der Waals surface area contributed by atoms with E-state index in [-0.39, 0.29) is 47.6 Å². The van der Waals surface area contributed by atoms with Crippen molar-refractivity contribution in [2.45, 2.75) is 73.9 Å². The maximum absolute atomic E-state index is 13.4. The molecule has 4 heterocycles. The van der Waals surface area contributed by atoms with E-state index in [0.29, 0.717) is 17.1 Å². The van der Waals surface area contributed by atoms with Gasteiger partial charge in [-0.2, -0.15) is 0 Å². The van der Waals surface area contributed by atoms with Crippen LogP contribution in [0.3, 0.4) is 0 Å². The van der Waals surface area contributed by atoms with Gasteiger partial charge in [0.2, 0.25) is 18.8 Å². The number of aliphatic hydroxyl groups excluding tert-OH is 7. The Morgan fingerprint density at radius 3 is 2.13 bits per heavy atom. The number of ether oxygens (including phenoxy) is 9. The normalized spacial score (nSPS) is 34.7. The zero-order valence-corrected chi connectivity index (χ0v) is 25.2. The van der Waals surface area contributed by atoms with E-state index in [2.05, 4.69) is 0 Å². The average Bonchev–Trinajstić information content (AvgIpc) is 3.55. The first-order valence-corrected chi connectivity index (χ1v) is 14.7. The molecule has 2 fully saturated rings. The highest BCUT2D eigenvalue weighted by Crippen LogP contribution is 2.50. The lowest BCUT2D eigenvalue weighted by atomic mass is 9.94. The van der Waals surface area contributed by atoms with Crippen molar-refractivity contribution in [3.63, 3.8) is 0 Å². The first-order valence-electron chi connectivity index (χ1n) is 14.7. The highest BCUT2D eigenvalue weighted by Gasteiger charge is 2.48. The van der Waals surface area contributed by atoms with E-state index in [1.807, 2.05) is 0 Å². The molecule has 0 aliphatic carbocycles. The minimum atomic E-state index is -1.81. The number of benzene rings is 2. The van der Waals surface area contributed by atoms with Gasteiger partial charge in [-0.1, -0.05) is 6.07 Å². The molecule has 11 unspecified atom stereocenters. The van der Waals surface area contributed by atoms with E-state index in [1.165, 1.54) is 20.3 Å². The summed E-state index contributed by atoms with van der Waals surface area (Å²) in [7, 11) is 2.62. The summed E-state index contributed by atoms with van der Waals surface area (Å²) >= 11 is 0. The van der Waals surface area contributed by atoms with Gasteiger partial charge in [0, 0.05) is 6.07 Å². The number of carbonyl (C=O) groups excluding carboxylic acids is 1. The van der Waals surface area contributed by atoms with Crippen LogP contribution >= 0.6 is 0 Å². The monoisotopic (exact) mass is 668 g/mol. The van der Waals surface area contributed by atoms with Gasteiger partial charge < -0.3 is 78.4 Å². The van der Waals surface area contributed by atoms with E-state index in [4.69, 9.17) is 42.6 Å². The molecule has 6 rings (SSSR count). The summed E-state index contributed by atoms with van der Waals surface area (Å²) in [5, 5.41) is 71.8. The Morgan fingerprint density at radius 2 is 1.43 bits per heavy atom. The fourth-order valence-corrected chi connectivity index (χ4v) is 5.86. The number of Topliss-reactive ketones (excluding diaryl/α,β-unsaturated/α-hetero) is 1. The largest absolute Gasteiger partial charge is 0.492 e. The molecule has 47 heavy (non-hydrogen) atoms. The van der Waals surface area contributed by atoms with Crippen LogP contribution in [0.25, 0.3) is 0 Å². The lowest BCUT2D eigenvalue weighted by molar-refractivity contribution is -0.323. The number of methoxy groups -OCH3 is 2. The van der Waals surface area contributed by atoms with Crippen LogP contribution in [0, 0.1) is 0 Å². The van der Waals surface area contributed by atoms with Crippen molar-refractivity contribution in [2.24, 2.45) is 0 Å². The van der Waals surface area contributed by atoms with Gasteiger partial charge >= 0.3 is 0 Å². The van der Waals surface area contributed by atoms with E-state index in [0.717, 1.165) is 0 Å². The van der Waals surface area contributed by atoms with Gasteiger partial charge in [-0.25, -0.2) is 0 Å². The summed E-state index contributed by atoms with van der Waals surface area (Å²) in [5.74, 6) is 0.670. The van der Waals surface area contributed by atoms with Gasteiger partial charge in [-0.3, -0.25) is 4.79 Å². The third kappa shape index (κ3) is 6.15. The van der Waals surface area contributed by atoms with E-state index in [9.17, 15) is 40.5 Å². The molecule has 7 N–H and O–H groups in total. The lowest BCUT2D eigenvalue weighted by Crippen LogP contribution is -2.62. The van der Waals surface area contributed by atoms with Crippen LogP contribution in [0.2, 0.25) is 0 Å². The molecule has 4 aliphatic rings. The van der Waals surface area contributed by atoms with Crippen LogP contribution in [-0.2, 0) is 14.2 Å². The summed E-state index contributed by atoms with van der Waals surface area (Å²) in [4.78, 5) is 13.4.